The van der Waals surface area contributed by atoms with Gasteiger partial charge in [0.1, 0.15) is 23.0 Å². The molecule has 4 rings (SSSR count). The second-order valence-corrected chi connectivity index (χ2v) is 7.04. The van der Waals surface area contributed by atoms with Crippen LogP contribution in [0.1, 0.15) is 0 Å². The Kier molecular flexibility index (Phi) is 5.52. The maximum absolute atomic E-state index is 5.99. The first-order valence-electron chi connectivity index (χ1n) is 8.73. The molecular weight excluding hydrogens is 391 g/mol. The van der Waals surface area contributed by atoms with Gasteiger partial charge in [-0.05, 0) is 71.8 Å². The van der Waals surface area contributed by atoms with Gasteiger partial charge in [-0.2, -0.15) is 0 Å². The molecule has 4 aromatic rings. The van der Waals surface area contributed by atoms with Crippen LogP contribution in [0.3, 0.4) is 0 Å². The van der Waals surface area contributed by atoms with Crippen LogP contribution < -0.4 is 9.47 Å². The summed E-state index contributed by atoms with van der Waals surface area (Å²) >= 11 is 12.0. The topological polar surface area (TPSA) is 18.5 Å². The summed E-state index contributed by atoms with van der Waals surface area (Å²) < 4.78 is 11.7. The predicted molar refractivity (Wildman–Crippen MR) is 115 cm³/mol. The van der Waals surface area contributed by atoms with Gasteiger partial charge in [-0.3, -0.25) is 0 Å². The maximum Gasteiger partial charge on any atom is 0.128 e. The Hall–Kier alpha value is -2.94. The Morgan fingerprint density at radius 2 is 0.821 bits per heavy atom. The van der Waals surface area contributed by atoms with Crippen molar-refractivity contribution >= 4 is 23.2 Å². The van der Waals surface area contributed by atoms with Gasteiger partial charge in [-0.15, -0.1) is 0 Å². The zero-order chi connectivity index (χ0) is 19.3. The van der Waals surface area contributed by atoms with Gasteiger partial charge >= 0.3 is 0 Å². The number of ether oxygens (including phenoxy) is 2. The fourth-order valence-electron chi connectivity index (χ4n) is 2.76. The molecular formula is C24H16Cl2O2. The molecule has 0 fully saturated rings. The number of halogens is 2. The lowest BCUT2D eigenvalue weighted by Crippen LogP contribution is -1.86. The monoisotopic (exact) mass is 406 g/mol. The first kappa shape index (κ1) is 18.4. The van der Waals surface area contributed by atoms with E-state index in [0.717, 1.165) is 22.6 Å². The van der Waals surface area contributed by atoms with Crippen LogP contribution in [0, 0.1) is 0 Å². The molecule has 28 heavy (non-hydrogen) atoms. The molecule has 0 aromatic heterocycles. The van der Waals surface area contributed by atoms with Crippen LogP contribution in [0.2, 0.25) is 10.0 Å². The summed E-state index contributed by atoms with van der Waals surface area (Å²) in [7, 11) is 0. The number of benzene rings is 4. The number of hydrogen-bond donors (Lipinski definition) is 0. The summed E-state index contributed by atoms with van der Waals surface area (Å²) in [5.41, 5.74) is 2.18. The molecule has 0 N–H and O–H groups in total. The van der Waals surface area contributed by atoms with Crippen molar-refractivity contribution in [3.05, 3.63) is 107 Å². The smallest absolute Gasteiger partial charge is 0.128 e. The highest BCUT2D eigenvalue weighted by Gasteiger charge is 2.03. The van der Waals surface area contributed by atoms with Gasteiger partial charge in [0.25, 0.3) is 0 Å². The average Bonchev–Trinajstić information content (AvgIpc) is 2.69. The minimum Gasteiger partial charge on any atom is -0.457 e. The zero-order valence-electron chi connectivity index (χ0n) is 14.8. The van der Waals surface area contributed by atoms with Gasteiger partial charge < -0.3 is 9.47 Å². The Labute approximate surface area is 173 Å². The van der Waals surface area contributed by atoms with Crippen molar-refractivity contribution in [2.75, 3.05) is 0 Å². The van der Waals surface area contributed by atoms with Gasteiger partial charge in [0, 0.05) is 10.0 Å². The highest BCUT2D eigenvalue weighted by molar-refractivity contribution is 6.31. The van der Waals surface area contributed by atoms with Crippen molar-refractivity contribution in [3.63, 3.8) is 0 Å². The van der Waals surface area contributed by atoms with Crippen LogP contribution in [0.25, 0.3) is 11.1 Å². The van der Waals surface area contributed by atoms with E-state index < -0.39 is 0 Å². The van der Waals surface area contributed by atoms with E-state index in [2.05, 4.69) is 0 Å². The van der Waals surface area contributed by atoms with Gasteiger partial charge in [0.05, 0.1) is 0 Å². The van der Waals surface area contributed by atoms with Gasteiger partial charge in [-0.1, -0.05) is 59.6 Å². The van der Waals surface area contributed by atoms with Crippen LogP contribution >= 0.6 is 23.2 Å². The Balaban J connectivity index is 1.45. The molecule has 0 atom stereocenters. The summed E-state index contributed by atoms with van der Waals surface area (Å²) in [4.78, 5) is 0. The number of hydrogen-bond acceptors (Lipinski definition) is 2. The fraction of sp³-hybridized carbons (Fsp3) is 0. The summed E-state index contributed by atoms with van der Waals surface area (Å²) in [5.74, 6) is 2.93. The third kappa shape index (κ3) is 4.66. The van der Waals surface area contributed by atoms with Crippen molar-refractivity contribution in [3.8, 4) is 34.1 Å². The van der Waals surface area contributed by atoms with Crippen molar-refractivity contribution in [1.29, 1.82) is 0 Å². The molecule has 0 spiro atoms. The van der Waals surface area contributed by atoms with Crippen molar-refractivity contribution < 1.29 is 9.47 Å². The predicted octanol–water partition coefficient (Wildman–Crippen LogP) is 8.25. The molecule has 0 unspecified atom stereocenters. The first-order chi connectivity index (χ1) is 13.7. The Bertz CT molecular complexity index is 985. The Morgan fingerprint density at radius 1 is 0.429 bits per heavy atom. The molecule has 0 aliphatic rings. The molecule has 0 heterocycles. The lowest BCUT2D eigenvalue weighted by atomic mass is 10.1. The van der Waals surface area contributed by atoms with Crippen LogP contribution in [-0.4, -0.2) is 0 Å². The largest absolute Gasteiger partial charge is 0.457 e. The van der Waals surface area contributed by atoms with Gasteiger partial charge in [0.15, 0.2) is 0 Å². The molecule has 4 aromatic carbocycles. The van der Waals surface area contributed by atoms with E-state index in [4.69, 9.17) is 32.7 Å². The molecule has 0 saturated carbocycles. The van der Waals surface area contributed by atoms with Crippen LogP contribution in [0.5, 0.6) is 23.0 Å². The van der Waals surface area contributed by atoms with Gasteiger partial charge in [-0.25, -0.2) is 0 Å². The highest BCUT2D eigenvalue weighted by atomic mass is 35.5. The second kappa shape index (κ2) is 8.39. The molecule has 0 bridgehead atoms. The van der Waals surface area contributed by atoms with E-state index in [-0.39, 0.29) is 0 Å². The second-order valence-electron chi connectivity index (χ2n) is 6.17. The van der Waals surface area contributed by atoms with Crippen LogP contribution in [-0.2, 0) is 0 Å². The van der Waals surface area contributed by atoms with Crippen LogP contribution in [0.15, 0.2) is 97.1 Å². The third-order valence-corrected chi connectivity index (χ3v) is 4.58. The quantitative estimate of drug-likeness (QED) is 0.332. The average molecular weight is 407 g/mol. The molecule has 0 amide bonds. The fourth-order valence-corrected chi connectivity index (χ4v) is 3.12. The van der Waals surface area contributed by atoms with E-state index in [1.54, 1.807) is 12.1 Å². The molecule has 0 aliphatic carbocycles. The standard InChI is InChI=1S/C24H16Cl2O2/c25-19-3-1-5-23(15-19)27-21-11-7-17(8-12-21)18-9-13-22(14-10-18)28-24-6-2-4-20(26)16-24/h1-16H. The first-order valence-corrected chi connectivity index (χ1v) is 9.49. The summed E-state index contributed by atoms with van der Waals surface area (Å²) in [6.07, 6.45) is 0. The highest BCUT2D eigenvalue weighted by Crippen LogP contribution is 2.29. The third-order valence-electron chi connectivity index (χ3n) is 4.11. The van der Waals surface area contributed by atoms with Crippen molar-refractivity contribution in [1.82, 2.24) is 0 Å². The summed E-state index contributed by atoms with van der Waals surface area (Å²) in [5, 5.41) is 1.29. The number of rotatable bonds is 5. The molecule has 0 radical (unpaired) electrons. The molecule has 0 saturated heterocycles. The minimum atomic E-state index is 0.647. The lowest BCUT2D eigenvalue weighted by molar-refractivity contribution is 0.482. The van der Waals surface area contributed by atoms with Crippen molar-refractivity contribution in [2.24, 2.45) is 0 Å². The molecule has 2 nitrogen and oxygen atoms in total. The minimum absolute atomic E-state index is 0.647. The summed E-state index contributed by atoms with van der Waals surface area (Å²) in [6.45, 7) is 0. The molecule has 4 heteroatoms. The van der Waals surface area contributed by atoms with E-state index in [1.807, 2.05) is 84.9 Å². The maximum atomic E-state index is 5.99. The zero-order valence-corrected chi connectivity index (χ0v) is 16.3. The summed E-state index contributed by atoms with van der Waals surface area (Å²) in [6, 6.07) is 30.5. The normalized spacial score (nSPS) is 10.5. The molecule has 138 valence electrons. The SMILES string of the molecule is Clc1cccc(Oc2ccc(-c3ccc(Oc4cccc(Cl)c4)cc3)cc2)c1. The van der Waals surface area contributed by atoms with E-state index in [0.29, 0.717) is 21.5 Å². The van der Waals surface area contributed by atoms with Crippen LogP contribution in [0.4, 0.5) is 0 Å². The lowest BCUT2D eigenvalue weighted by Gasteiger charge is -2.09. The van der Waals surface area contributed by atoms with E-state index in [9.17, 15) is 0 Å². The van der Waals surface area contributed by atoms with E-state index in [1.165, 1.54) is 0 Å². The molecule has 0 aliphatic heterocycles. The van der Waals surface area contributed by atoms with E-state index >= 15 is 0 Å². The van der Waals surface area contributed by atoms with Crippen molar-refractivity contribution in [2.45, 2.75) is 0 Å². The Morgan fingerprint density at radius 3 is 1.18 bits per heavy atom. The van der Waals surface area contributed by atoms with Gasteiger partial charge in [0.2, 0.25) is 0 Å².